The van der Waals surface area contributed by atoms with Crippen molar-refractivity contribution in [3.05, 3.63) is 71.2 Å². The molecule has 0 aliphatic rings. The third-order valence-corrected chi connectivity index (χ3v) is 5.00. The second kappa shape index (κ2) is 10.5. The number of nitrogens with zero attached hydrogens (tertiary/aromatic N) is 2. The van der Waals surface area contributed by atoms with E-state index < -0.39 is 0 Å². The zero-order valence-corrected chi connectivity index (χ0v) is 16.0. The molecule has 1 heterocycles. The smallest absolute Gasteiger partial charge is 0.123 e. The third-order valence-electron chi connectivity index (χ3n) is 4.06. The van der Waals surface area contributed by atoms with Crippen molar-refractivity contribution in [2.45, 2.75) is 25.8 Å². The Bertz CT molecular complexity index is 871. The van der Waals surface area contributed by atoms with E-state index in [4.69, 9.17) is 15.0 Å². The Balaban J connectivity index is 1.41. The largest absolute Gasteiger partial charge is 0.494 e. The van der Waals surface area contributed by atoms with Crippen molar-refractivity contribution >= 4 is 11.3 Å². The van der Waals surface area contributed by atoms with E-state index in [1.807, 2.05) is 30.3 Å². The second-order valence-corrected chi connectivity index (χ2v) is 7.05. The maximum atomic E-state index is 8.55. The molecule has 0 aliphatic carbocycles. The van der Waals surface area contributed by atoms with Gasteiger partial charge in [0.05, 0.1) is 18.4 Å². The number of rotatable bonds is 10. The molecule has 0 aliphatic heterocycles. The van der Waals surface area contributed by atoms with Crippen LogP contribution >= 0.6 is 11.3 Å². The van der Waals surface area contributed by atoms with Crippen LogP contribution in [-0.4, -0.2) is 18.1 Å². The first-order chi connectivity index (χ1) is 13.3. The van der Waals surface area contributed by atoms with Crippen LogP contribution in [0.3, 0.4) is 0 Å². The maximum Gasteiger partial charge on any atom is 0.123 e. The van der Waals surface area contributed by atoms with Gasteiger partial charge in [0.2, 0.25) is 0 Å². The van der Waals surface area contributed by atoms with Crippen molar-refractivity contribution in [3.8, 4) is 22.4 Å². The van der Waals surface area contributed by atoms with E-state index in [0.29, 0.717) is 13.0 Å². The summed E-state index contributed by atoms with van der Waals surface area (Å²) in [5.74, 6) is 0.860. The summed E-state index contributed by atoms with van der Waals surface area (Å²) in [6, 6.07) is 20.5. The van der Waals surface area contributed by atoms with E-state index in [-0.39, 0.29) is 0 Å². The van der Waals surface area contributed by atoms with Crippen LogP contribution in [0, 0.1) is 11.3 Å². The molecule has 4 nitrogen and oxygen atoms in total. The summed E-state index contributed by atoms with van der Waals surface area (Å²) >= 11 is 1.69. The van der Waals surface area contributed by atoms with Crippen LogP contribution in [0.4, 0.5) is 0 Å². The third kappa shape index (κ3) is 6.21. The molecular formula is C22H23N3OS. The van der Waals surface area contributed by atoms with Gasteiger partial charge in [-0.2, -0.15) is 5.26 Å². The Labute approximate surface area is 164 Å². The van der Waals surface area contributed by atoms with Crippen LogP contribution in [-0.2, 0) is 13.0 Å². The molecule has 0 bridgehead atoms. The quantitative estimate of drug-likeness (QED) is 0.514. The first-order valence-corrected chi connectivity index (χ1v) is 10.0. The summed E-state index contributed by atoms with van der Waals surface area (Å²) in [5.41, 5.74) is 3.49. The highest BCUT2D eigenvalue weighted by atomic mass is 32.1. The van der Waals surface area contributed by atoms with Gasteiger partial charge in [-0.05, 0) is 24.1 Å². The molecule has 0 saturated carbocycles. The molecular weight excluding hydrogens is 354 g/mol. The minimum absolute atomic E-state index is 0.532. The summed E-state index contributed by atoms with van der Waals surface area (Å²) < 4.78 is 5.68. The van der Waals surface area contributed by atoms with E-state index in [9.17, 15) is 0 Å². The average Bonchev–Trinajstić information content (AvgIpc) is 3.19. The number of hydrogen-bond donors (Lipinski definition) is 1. The van der Waals surface area contributed by atoms with Gasteiger partial charge in [0, 0.05) is 36.9 Å². The number of benzene rings is 2. The SMILES string of the molecule is N#CCCCOc1cccc(CNCCc2csc(-c3ccccc3)n2)c1. The highest BCUT2D eigenvalue weighted by Gasteiger charge is 2.04. The molecule has 2 aromatic carbocycles. The summed E-state index contributed by atoms with van der Waals surface area (Å²) in [5, 5.41) is 15.2. The van der Waals surface area contributed by atoms with Gasteiger partial charge in [-0.15, -0.1) is 11.3 Å². The van der Waals surface area contributed by atoms with Gasteiger partial charge in [-0.1, -0.05) is 42.5 Å². The predicted octanol–water partition coefficient (Wildman–Crippen LogP) is 4.82. The highest BCUT2D eigenvalue weighted by Crippen LogP contribution is 2.23. The van der Waals surface area contributed by atoms with Gasteiger partial charge in [-0.3, -0.25) is 0 Å². The number of nitriles is 1. The number of nitrogens with one attached hydrogen (secondary N) is 1. The molecule has 0 fully saturated rings. The number of hydrogen-bond acceptors (Lipinski definition) is 5. The molecule has 5 heteroatoms. The lowest BCUT2D eigenvalue weighted by molar-refractivity contribution is 0.312. The fourth-order valence-corrected chi connectivity index (χ4v) is 3.53. The lowest BCUT2D eigenvalue weighted by Crippen LogP contribution is -2.16. The Morgan fingerprint density at radius 3 is 2.85 bits per heavy atom. The average molecular weight is 378 g/mol. The van der Waals surface area contributed by atoms with Crippen LogP contribution in [0.1, 0.15) is 24.1 Å². The van der Waals surface area contributed by atoms with Gasteiger partial charge in [0.15, 0.2) is 0 Å². The van der Waals surface area contributed by atoms with Crippen LogP contribution in [0.25, 0.3) is 10.6 Å². The van der Waals surface area contributed by atoms with E-state index in [2.05, 4.69) is 41.0 Å². The van der Waals surface area contributed by atoms with Crippen LogP contribution in [0.5, 0.6) is 5.75 Å². The minimum Gasteiger partial charge on any atom is -0.494 e. The highest BCUT2D eigenvalue weighted by molar-refractivity contribution is 7.13. The Morgan fingerprint density at radius 2 is 2.00 bits per heavy atom. The summed E-state index contributed by atoms with van der Waals surface area (Å²) in [6.07, 6.45) is 2.20. The van der Waals surface area contributed by atoms with Crippen molar-refractivity contribution < 1.29 is 4.74 Å². The fraction of sp³-hybridized carbons (Fsp3) is 0.273. The first-order valence-electron chi connectivity index (χ1n) is 9.14. The Hall–Kier alpha value is -2.68. The molecule has 0 saturated heterocycles. The first kappa shape index (κ1) is 19.1. The zero-order chi connectivity index (χ0) is 18.7. The van der Waals surface area contributed by atoms with Gasteiger partial charge in [0.1, 0.15) is 10.8 Å². The predicted molar refractivity (Wildman–Crippen MR) is 110 cm³/mol. The monoisotopic (exact) mass is 377 g/mol. The molecule has 0 spiro atoms. The van der Waals surface area contributed by atoms with Crippen LogP contribution in [0.15, 0.2) is 60.0 Å². The normalized spacial score (nSPS) is 10.5. The van der Waals surface area contributed by atoms with Gasteiger partial charge >= 0.3 is 0 Å². The van der Waals surface area contributed by atoms with Gasteiger partial charge < -0.3 is 10.1 Å². The number of ether oxygens (including phenoxy) is 1. The van der Waals surface area contributed by atoms with Crippen molar-refractivity contribution in [3.63, 3.8) is 0 Å². The summed E-state index contributed by atoms with van der Waals surface area (Å²) in [4.78, 5) is 4.72. The maximum absolute atomic E-state index is 8.55. The van der Waals surface area contributed by atoms with Crippen molar-refractivity contribution in [1.82, 2.24) is 10.3 Å². The molecule has 0 atom stereocenters. The van der Waals surface area contributed by atoms with Gasteiger partial charge in [0.25, 0.3) is 0 Å². The Morgan fingerprint density at radius 1 is 1.11 bits per heavy atom. The van der Waals surface area contributed by atoms with Crippen LogP contribution < -0.4 is 10.1 Å². The minimum atomic E-state index is 0.532. The second-order valence-electron chi connectivity index (χ2n) is 6.19. The van der Waals surface area contributed by atoms with E-state index >= 15 is 0 Å². The molecule has 0 radical (unpaired) electrons. The molecule has 0 amide bonds. The summed E-state index contributed by atoms with van der Waals surface area (Å²) in [7, 11) is 0. The molecule has 1 N–H and O–H groups in total. The molecule has 1 aromatic heterocycles. The standard InChI is InChI=1S/C22H23N3OS/c23-12-4-5-14-26-21-10-6-7-18(15-21)16-24-13-11-20-17-27-22(25-20)19-8-2-1-3-9-19/h1-3,6-10,15,17,24H,4-5,11,13-14,16H2. The lowest BCUT2D eigenvalue weighted by Gasteiger charge is -2.08. The van der Waals surface area contributed by atoms with Gasteiger partial charge in [-0.25, -0.2) is 4.98 Å². The van der Waals surface area contributed by atoms with E-state index in [1.165, 1.54) is 11.1 Å². The molecule has 0 unspecified atom stereocenters. The number of unbranched alkanes of at least 4 members (excludes halogenated alkanes) is 1. The molecule has 27 heavy (non-hydrogen) atoms. The van der Waals surface area contributed by atoms with Crippen molar-refractivity contribution in [1.29, 1.82) is 5.26 Å². The lowest BCUT2D eigenvalue weighted by atomic mass is 10.2. The van der Waals surface area contributed by atoms with Crippen molar-refractivity contribution in [2.75, 3.05) is 13.2 Å². The zero-order valence-electron chi connectivity index (χ0n) is 15.2. The molecule has 138 valence electrons. The Kier molecular flexibility index (Phi) is 7.40. The van der Waals surface area contributed by atoms with E-state index in [1.54, 1.807) is 11.3 Å². The van der Waals surface area contributed by atoms with Crippen LogP contribution in [0.2, 0.25) is 0 Å². The van der Waals surface area contributed by atoms with E-state index in [0.717, 1.165) is 42.4 Å². The fourth-order valence-electron chi connectivity index (χ4n) is 2.67. The molecule has 3 aromatic rings. The number of aromatic nitrogens is 1. The number of thiazole rings is 1. The topological polar surface area (TPSA) is 57.9 Å². The van der Waals surface area contributed by atoms with Crippen molar-refractivity contribution in [2.24, 2.45) is 0 Å². The summed E-state index contributed by atoms with van der Waals surface area (Å²) in [6.45, 7) is 2.26. The molecule has 3 rings (SSSR count).